The molecular weight excluding hydrogens is 286 g/mol. The molecule has 1 heterocycles. The van der Waals surface area contributed by atoms with Crippen LogP contribution in [0.5, 0.6) is 0 Å². The number of nitrogens with two attached hydrogens (primary N) is 1. The fraction of sp³-hybridized carbons (Fsp3) is 0.467. The third kappa shape index (κ3) is 4.47. The topological polar surface area (TPSA) is 75.4 Å². The fourth-order valence-electron chi connectivity index (χ4n) is 2.38. The summed E-state index contributed by atoms with van der Waals surface area (Å²) in [5, 5.41) is 0. The maximum atomic E-state index is 12.2. The molecule has 6 heteroatoms. The van der Waals surface area contributed by atoms with E-state index in [1.807, 2.05) is 36.1 Å². The summed E-state index contributed by atoms with van der Waals surface area (Å²) in [5.74, 6) is 5.52. The lowest BCUT2D eigenvalue weighted by atomic mass is 9.96. The summed E-state index contributed by atoms with van der Waals surface area (Å²) in [6.45, 7) is 3.30. The van der Waals surface area contributed by atoms with E-state index < -0.39 is 0 Å². The van der Waals surface area contributed by atoms with E-state index in [4.69, 9.17) is 5.84 Å². The molecule has 1 aliphatic rings. The first kappa shape index (κ1) is 15.9. The molecule has 0 bridgehead atoms. The minimum absolute atomic E-state index is 0.0659. The van der Waals surface area contributed by atoms with Gasteiger partial charge in [-0.1, -0.05) is 17.7 Å². The van der Waals surface area contributed by atoms with Gasteiger partial charge in [-0.3, -0.25) is 15.0 Å². The molecule has 0 unspecified atom stereocenters. The second kappa shape index (κ2) is 7.47. The molecule has 0 aliphatic carbocycles. The lowest BCUT2D eigenvalue weighted by Gasteiger charge is -2.31. The average Bonchev–Trinajstić information content (AvgIpc) is 2.53. The van der Waals surface area contributed by atoms with Crippen molar-refractivity contribution >= 4 is 23.6 Å². The Kier molecular flexibility index (Phi) is 5.64. The van der Waals surface area contributed by atoms with Crippen molar-refractivity contribution < 1.29 is 9.59 Å². The highest BCUT2D eigenvalue weighted by Gasteiger charge is 2.26. The number of likely N-dealkylation sites (tertiary alicyclic amines) is 1. The number of aryl methyl sites for hydroxylation is 1. The zero-order chi connectivity index (χ0) is 15.2. The third-order valence-electron chi connectivity index (χ3n) is 3.74. The summed E-state index contributed by atoms with van der Waals surface area (Å²) >= 11 is 1.55. The fourth-order valence-corrected chi connectivity index (χ4v) is 3.18. The predicted molar refractivity (Wildman–Crippen MR) is 83.5 cm³/mol. The molecule has 0 spiro atoms. The number of carbonyl (C=O) groups excluding carboxylic acids is 2. The summed E-state index contributed by atoms with van der Waals surface area (Å²) in [6, 6.07) is 8.16. The summed E-state index contributed by atoms with van der Waals surface area (Å²) in [6.07, 6.45) is 1.37. The molecule has 0 aromatic heterocycles. The molecule has 0 saturated carbocycles. The number of thioether (sulfide) groups is 1. The van der Waals surface area contributed by atoms with Gasteiger partial charge >= 0.3 is 0 Å². The molecule has 1 saturated heterocycles. The van der Waals surface area contributed by atoms with Crippen molar-refractivity contribution in [3.8, 4) is 0 Å². The van der Waals surface area contributed by atoms with Gasteiger partial charge in [-0.05, 0) is 31.9 Å². The molecule has 0 atom stereocenters. The van der Waals surface area contributed by atoms with Crippen molar-refractivity contribution in [3.05, 3.63) is 29.8 Å². The van der Waals surface area contributed by atoms with Gasteiger partial charge in [0, 0.05) is 23.9 Å². The van der Waals surface area contributed by atoms with Crippen molar-refractivity contribution in [2.45, 2.75) is 24.7 Å². The van der Waals surface area contributed by atoms with Crippen molar-refractivity contribution in [2.24, 2.45) is 11.8 Å². The minimum Gasteiger partial charge on any atom is -0.342 e. The lowest BCUT2D eigenvalue weighted by molar-refractivity contribution is -0.133. The largest absolute Gasteiger partial charge is 0.342 e. The van der Waals surface area contributed by atoms with Gasteiger partial charge < -0.3 is 4.90 Å². The monoisotopic (exact) mass is 307 g/mol. The molecular formula is C15H21N3O2S. The van der Waals surface area contributed by atoms with E-state index in [1.165, 1.54) is 5.56 Å². The number of nitrogens with one attached hydrogen (secondary N) is 1. The number of amides is 2. The Morgan fingerprint density at radius 2 is 1.90 bits per heavy atom. The molecule has 2 rings (SSSR count). The van der Waals surface area contributed by atoms with Crippen LogP contribution >= 0.6 is 11.8 Å². The van der Waals surface area contributed by atoms with Gasteiger partial charge in [0.1, 0.15) is 0 Å². The first-order chi connectivity index (χ1) is 10.1. The van der Waals surface area contributed by atoms with E-state index in [-0.39, 0.29) is 17.7 Å². The number of piperidine rings is 1. The normalized spacial score (nSPS) is 15.8. The summed E-state index contributed by atoms with van der Waals surface area (Å²) in [7, 11) is 0. The second-order valence-electron chi connectivity index (χ2n) is 5.27. The van der Waals surface area contributed by atoms with E-state index in [9.17, 15) is 9.59 Å². The Hall–Kier alpha value is -1.53. The van der Waals surface area contributed by atoms with Gasteiger partial charge in [0.25, 0.3) is 0 Å². The van der Waals surface area contributed by atoms with E-state index in [0.717, 1.165) is 4.90 Å². The first-order valence-electron chi connectivity index (χ1n) is 7.08. The van der Waals surface area contributed by atoms with Gasteiger partial charge in [0.05, 0.1) is 5.75 Å². The molecule has 5 nitrogen and oxygen atoms in total. The van der Waals surface area contributed by atoms with Gasteiger partial charge in [-0.2, -0.15) is 0 Å². The van der Waals surface area contributed by atoms with Crippen LogP contribution in [0.1, 0.15) is 18.4 Å². The van der Waals surface area contributed by atoms with E-state index in [0.29, 0.717) is 31.7 Å². The SMILES string of the molecule is Cc1ccc(SCC(=O)N2CCC(C(=O)NN)CC2)cc1. The van der Waals surface area contributed by atoms with Crippen molar-refractivity contribution in [3.63, 3.8) is 0 Å². The van der Waals surface area contributed by atoms with Crippen molar-refractivity contribution in [1.29, 1.82) is 0 Å². The average molecular weight is 307 g/mol. The number of hydrazine groups is 1. The highest BCUT2D eigenvalue weighted by atomic mass is 32.2. The molecule has 1 aromatic carbocycles. The molecule has 1 aliphatic heterocycles. The quantitative estimate of drug-likeness (QED) is 0.381. The molecule has 21 heavy (non-hydrogen) atoms. The molecule has 114 valence electrons. The Morgan fingerprint density at radius 3 is 2.48 bits per heavy atom. The van der Waals surface area contributed by atoms with Gasteiger partial charge in [-0.15, -0.1) is 11.8 Å². The maximum Gasteiger partial charge on any atom is 0.237 e. The number of hydrogen-bond donors (Lipinski definition) is 2. The van der Waals surface area contributed by atoms with Crippen LogP contribution in [0.25, 0.3) is 0 Å². The molecule has 0 radical (unpaired) electrons. The number of hydrogen-bond acceptors (Lipinski definition) is 4. The Balaban J connectivity index is 1.77. The van der Waals surface area contributed by atoms with Crippen molar-refractivity contribution in [2.75, 3.05) is 18.8 Å². The number of carbonyl (C=O) groups is 2. The molecule has 3 N–H and O–H groups in total. The number of nitrogens with zero attached hydrogens (tertiary/aromatic N) is 1. The summed E-state index contributed by atoms with van der Waals surface area (Å²) in [5.41, 5.74) is 3.40. The van der Waals surface area contributed by atoms with Crippen LogP contribution in [0.15, 0.2) is 29.2 Å². The second-order valence-corrected chi connectivity index (χ2v) is 6.31. The minimum atomic E-state index is -0.129. The Bertz CT molecular complexity index is 496. The van der Waals surface area contributed by atoms with E-state index >= 15 is 0 Å². The van der Waals surface area contributed by atoms with Crippen LogP contribution < -0.4 is 11.3 Å². The summed E-state index contributed by atoms with van der Waals surface area (Å²) < 4.78 is 0. The standard InChI is InChI=1S/C15H21N3O2S/c1-11-2-4-13(5-3-11)21-10-14(19)18-8-6-12(7-9-18)15(20)17-16/h2-5,12H,6-10,16H2,1H3,(H,17,20). The van der Waals surface area contributed by atoms with Crippen LogP contribution in [0.4, 0.5) is 0 Å². The van der Waals surface area contributed by atoms with Crippen LogP contribution in [0.2, 0.25) is 0 Å². The zero-order valence-electron chi connectivity index (χ0n) is 12.2. The number of rotatable bonds is 4. The maximum absolute atomic E-state index is 12.2. The van der Waals surface area contributed by atoms with Crippen LogP contribution in [-0.2, 0) is 9.59 Å². The molecule has 1 aromatic rings. The Labute approximate surface area is 129 Å². The van der Waals surface area contributed by atoms with Gasteiger partial charge in [-0.25, -0.2) is 5.84 Å². The zero-order valence-corrected chi connectivity index (χ0v) is 13.0. The van der Waals surface area contributed by atoms with E-state index in [2.05, 4.69) is 5.43 Å². The van der Waals surface area contributed by atoms with Gasteiger partial charge in [0.2, 0.25) is 11.8 Å². The summed E-state index contributed by atoms with van der Waals surface area (Å²) in [4.78, 5) is 26.5. The van der Waals surface area contributed by atoms with Crippen molar-refractivity contribution in [1.82, 2.24) is 10.3 Å². The number of benzene rings is 1. The molecule has 1 fully saturated rings. The highest BCUT2D eigenvalue weighted by molar-refractivity contribution is 8.00. The van der Waals surface area contributed by atoms with Crippen LogP contribution in [0, 0.1) is 12.8 Å². The van der Waals surface area contributed by atoms with Gasteiger partial charge in [0.15, 0.2) is 0 Å². The first-order valence-corrected chi connectivity index (χ1v) is 8.06. The Morgan fingerprint density at radius 1 is 1.29 bits per heavy atom. The third-order valence-corrected chi connectivity index (χ3v) is 4.74. The lowest BCUT2D eigenvalue weighted by Crippen LogP contribution is -2.45. The van der Waals surface area contributed by atoms with Crippen LogP contribution in [0.3, 0.4) is 0 Å². The van der Waals surface area contributed by atoms with E-state index in [1.54, 1.807) is 11.8 Å². The smallest absolute Gasteiger partial charge is 0.237 e. The highest BCUT2D eigenvalue weighted by Crippen LogP contribution is 2.21. The predicted octanol–water partition coefficient (Wildman–Crippen LogP) is 1.32. The molecule has 2 amide bonds. The van der Waals surface area contributed by atoms with Crippen LogP contribution in [-0.4, -0.2) is 35.6 Å².